The summed E-state index contributed by atoms with van der Waals surface area (Å²) in [7, 11) is 2.14. The van der Waals surface area contributed by atoms with E-state index in [1.165, 1.54) is 0 Å². The monoisotopic (exact) mass is 489 g/mol. The number of carbonyl (C=O) groups is 1. The molecule has 5 heterocycles. The highest BCUT2D eigenvalue weighted by molar-refractivity contribution is 5.88. The first-order chi connectivity index (χ1) is 17.4. The number of cyclic esters (lactones) is 1. The molecule has 3 aromatic rings. The largest absolute Gasteiger partial charge is 0.461 e. The fourth-order valence-corrected chi connectivity index (χ4v) is 5.72. The molecule has 0 radical (unpaired) electrons. The number of ether oxygens (including phenoxy) is 1. The Hall–Kier alpha value is -3.11. The van der Waals surface area contributed by atoms with Gasteiger partial charge in [0, 0.05) is 49.2 Å². The number of esters is 1. The van der Waals surface area contributed by atoms with Crippen molar-refractivity contribution in [2.45, 2.75) is 45.1 Å². The second kappa shape index (κ2) is 8.77. The van der Waals surface area contributed by atoms with Gasteiger partial charge in [0.05, 0.1) is 35.4 Å². The maximum absolute atomic E-state index is 13.8. The Balaban J connectivity index is 1.46. The maximum atomic E-state index is 13.8. The van der Waals surface area contributed by atoms with Crippen molar-refractivity contribution >= 4 is 16.9 Å². The van der Waals surface area contributed by atoms with Crippen LogP contribution in [0.5, 0.6) is 0 Å². The zero-order chi connectivity index (χ0) is 25.0. The molecule has 0 spiro atoms. The van der Waals surface area contributed by atoms with Crippen LogP contribution in [0.3, 0.4) is 0 Å². The van der Waals surface area contributed by atoms with Gasteiger partial charge in [0.15, 0.2) is 0 Å². The van der Waals surface area contributed by atoms with Gasteiger partial charge in [-0.2, -0.15) is 0 Å². The number of carbonyl (C=O) groups excluding carboxylic acids is 1. The summed E-state index contributed by atoms with van der Waals surface area (Å²) in [5.41, 5.74) is 7.13. The first-order valence-electron chi connectivity index (χ1n) is 12.6. The van der Waals surface area contributed by atoms with E-state index < -0.39 is 11.6 Å². The summed E-state index contributed by atoms with van der Waals surface area (Å²) in [5.74, 6) is -0.498. The summed E-state index contributed by atoms with van der Waals surface area (Å²) in [6, 6.07) is 9.94. The van der Waals surface area contributed by atoms with E-state index in [2.05, 4.69) is 28.4 Å². The third kappa shape index (κ3) is 3.74. The summed E-state index contributed by atoms with van der Waals surface area (Å²) in [4.78, 5) is 33.3. The lowest BCUT2D eigenvalue weighted by Gasteiger charge is -2.33. The summed E-state index contributed by atoms with van der Waals surface area (Å²) < 4.78 is 7.05. The molecular weight excluding hydrogens is 458 g/mol. The van der Waals surface area contributed by atoms with Gasteiger partial charge in [-0.3, -0.25) is 15.0 Å². The Labute approximate surface area is 209 Å². The molecule has 188 valence electrons. The van der Waals surface area contributed by atoms with Crippen LogP contribution in [0.4, 0.5) is 0 Å². The van der Waals surface area contributed by atoms with Crippen molar-refractivity contribution in [1.82, 2.24) is 24.9 Å². The summed E-state index contributed by atoms with van der Waals surface area (Å²) in [6.45, 7) is 6.69. The number of pyridine rings is 2. The highest BCUT2D eigenvalue weighted by Crippen LogP contribution is 2.39. The molecular formula is C27H31N5O4. The van der Waals surface area contributed by atoms with Gasteiger partial charge in [0.25, 0.3) is 5.56 Å². The van der Waals surface area contributed by atoms with Crippen LogP contribution in [0.25, 0.3) is 22.3 Å². The third-order valence-corrected chi connectivity index (χ3v) is 7.91. The number of aliphatic hydroxyl groups is 1. The van der Waals surface area contributed by atoms with Crippen molar-refractivity contribution in [1.29, 1.82) is 0 Å². The lowest BCUT2D eigenvalue weighted by molar-refractivity contribution is -0.149. The number of benzene rings is 1. The Morgan fingerprint density at radius 2 is 1.94 bits per heavy atom. The van der Waals surface area contributed by atoms with Gasteiger partial charge in [-0.25, -0.2) is 9.99 Å². The highest BCUT2D eigenvalue weighted by atomic mass is 16.5. The first-order valence-corrected chi connectivity index (χ1v) is 12.6. The first kappa shape index (κ1) is 23.3. The minimum absolute atomic E-state index is 0.0275. The summed E-state index contributed by atoms with van der Waals surface area (Å²) in [6.07, 6.45) is 0.0271. The van der Waals surface area contributed by atoms with E-state index in [1.807, 2.05) is 24.3 Å². The van der Waals surface area contributed by atoms with Crippen LogP contribution >= 0.6 is 0 Å². The molecule has 0 bridgehead atoms. The standard InChI is InChI=1S/C27H31N5O4/c1-3-27(35)13-23(33)36-16-17-12-22-25-20(15-32(22)26(34)24(17)27)19(18-6-4-5-7-21(18)29-25)14-28-31-10-8-30(2)9-11-31/h4-7,12,28,35H,3,8-11,13-16H2,1-2H3. The van der Waals surface area contributed by atoms with Crippen LogP contribution in [0.15, 0.2) is 35.1 Å². The molecule has 9 nitrogen and oxygen atoms in total. The predicted octanol–water partition coefficient (Wildman–Crippen LogP) is 1.72. The molecule has 0 aliphatic carbocycles. The number of nitrogens with zero attached hydrogens (tertiary/aromatic N) is 4. The van der Waals surface area contributed by atoms with Gasteiger partial charge in [-0.05, 0) is 31.2 Å². The van der Waals surface area contributed by atoms with E-state index in [-0.39, 0.29) is 30.6 Å². The number of hydrazine groups is 1. The van der Waals surface area contributed by atoms with Gasteiger partial charge in [-0.1, -0.05) is 25.1 Å². The molecule has 3 aliphatic heterocycles. The summed E-state index contributed by atoms with van der Waals surface area (Å²) >= 11 is 0. The van der Waals surface area contributed by atoms with Crippen molar-refractivity contribution in [2.24, 2.45) is 0 Å². The molecule has 1 atom stereocenters. The topological polar surface area (TPSA) is 99.9 Å². The van der Waals surface area contributed by atoms with Crippen LogP contribution in [-0.2, 0) is 34.8 Å². The highest BCUT2D eigenvalue weighted by Gasteiger charge is 2.40. The molecule has 1 unspecified atom stereocenters. The molecule has 0 saturated carbocycles. The van der Waals surface area contributed by atoms with E-state index in [9.17, 15) is 14.7 Å². The normalized spacial score (nSPS) is 22.1. The summed E-state index contributed by atoms with van der Waals surface area (Å²) in [5, 5.41) is 14.6. The van der Waals surface area contributed by atoms with E-state index in [0.717, 1.165) is 53.9 Å². The maximum Gasteiger partial charge on any atom is 0.309 e. The van der Waals surface area contributed by atoms with Crippen molar-refractivity contribution in [2.75, 3.05) is 33.2 Å². The van der Waals surface area contributed by atoms with Gasteiger partial charge >= 0.3 is 5.97 Å². The zero-order valence-corrected chi connectivity index (χ0v) is 20.7. The van der Waals surface area contributed by atoms with Gasteiger partial charge in [-0.15, -0.1) is 0 Å². The number of nitrogens with one attached hydrogen (secondary N) is 1. The van der Waals surface area contributed by atoms with E-state index in [1.54, 1.807) is 11.5 Å². The second-order valence-corrected chi connectivity index (χ2v) is 10.1. The Bertz CT molecular complexity index is 1430. The number of para-hydroxylation sites is 1. The predicted molar refractivity (Wildman–Crippen MR) is 135 cm³/mol. The molecule has 0 amide bonds. The van der Waals surface area contributed by atoms with Crippen LogP contribution in [-0.4, -0.2) is 63.8 Å². The molecule has 1 aromatic carbocycles. The van der Waals surface area contributed by atoms with E-state index in [0.29, 0.717) is 24.3 Å². The molecule has 1 fully saturated rings. The lowest BCUT2D eigenvalue weighted by atomic mass is 9.86. The Morgan fingerprint density at radius 3 is 2.72 bits per heavy atom. The SMILES string of the molecule is CCC1(O)CC(=O)OCc2cc3n(c(=O)c21)Cc1c-3nc2ccccc2c1CNN1CCN(C)CC1. The lowest BCUT2D eigenvalue weighted by Crippen LogP contribution is -2.50. The minimum Gasteiger partial charge on any atom is -0.461 e. The van der Waals surface area contributed by atoms with Crippen LogP contribution < -0.4 is 11.0 Å². The molecule has 2 aromatic heterocycles. The number of hydrogen-bond donors (Lipinski definition) is 2. The van der Waals surface area contributed by atoms with Crippen molar-refractivity contribution in [3.05, 3.63) is 62.9 Å². The fourth-order valence-electron chi connectivity index (χ4n) is 5.72. The molecule has 2 N–H and O–H groups in total. The van der Waals surface area contributed by atoms with Crippen molar-refractivity contribution in [3.63, 3.8) is 0 Å². The van der Waals surface area contributed by atoms with Crippen LogP contribution in [0, 0.1) is 0 Å². The number of aromatic nitrogens is 2. The number of hydrogen-bond acceptors (Lipinski definition) is 8. The number of rotatable bonds is 4. The van der Waals surface area contributed by atoms with Gasteiger partial charge in [0.1, 0.15) is 12.2 Å². The van der Waals surface area contributed by atoms with Crippen molar-refractivity contribution in [3.8, 4) is 11.4 Å². The fraction of sp³-hybridized carbons (Fsp3) is 0.444. The average molecular weight is 490 g/mol. The number of likely N-dealkylation sites (N-methyl/N-ethyl adjacent to an activating group) is 1. The van der Waals surface area contributed by atoms with Gasteiger partial charge < -0.3 is 19.3 Å². The Morgan fingerprint density at radius 1 is 1.17 bits per heavy atom. The smallest absolute Gasteiger partial charge is 0.309 e. The number of piperazine rings is 1. The quantitative estimate of drug-likeness (QED) is 0.418. The average Bonchev–Trinajstić information content (AvgIpc) is 3.18. The molecule has 1 saturated heterocycles. The molecule has 3 aliphatic rings. The van der Waals surface area contributed by atoms with Crippen LogP contribution in [0.1, 0.15) is 42.0 Å². The Kier molecular flexibility index (Phi) is 5.68. The molecule has 36 heavy (non-hydrogen) atoms. The van der Waals surface area contributed by atoms with E-state index >= 15 is 0 Å². The van der Waals surface area contributed by atoms with Crippen LogP contribution in [0.2, 0.25) is 0 Å². The number of fused-ring (bicyclic) bond motifs is 5. The second-order valence-electron chi connectivity index (χ2n) is 10.1. The third-order valence-electron chi connectivity index (χ3n) is 7.91. The van der Waals surface area contributed by atoms with E-state index in [4.69, 9.17) is 9.72 Å². The van der Waals surface area contributed by atoms with Crippen molar-refractivity contribution < 1.29 is 14.6 Å². The molecule has 9 heteroatoms. The van der Waals surface area contributed by atoms with Gasteiger partial charge in [0.2, 0.25) is 0 Å². The molecule has 6 rings (SSSR count). The minimum atomic E-state index is -1.54. The zero-order valence-electron chi connectivity index (χ0n) is 20.7.